The molecular weight excluding hydrogens is 715 g/mol. The molecule has 12 aromatic rings. The fourth-order valence-electron chi connectivity index (χ4n) is 8.70. The number of nitrogens with zero attached hydrogens (tertiary/aromatic N) is 5. The van der Waals surface area contributed by atoms with Crippen molar-refractivity contribution >= 4 is 75.1 Å². The predicted molar refractivity (Wildman–Crippen MR) is 238 cm³/mol. The number of hydrogen-bond donors (Lipinski definition) is 0. The van der Waals surface area contributed by atoms with Gasteiger partial charge >= 0.3 is 0 Å². The zero-order valence-electron chi connectivity index (χ0n) is 30.5. The number of fused-ring (bicyclic) bond motifs is 12. The van der Waals surface area contributed by atoms with Gasteiger partial charge in [0.05, 0.1) is 26.8 Å². The Kier molecular flexibility index (Phi) is 7.03. The van der Waals surface area contributed by atoms with E-state index < -0.39 is 0 Å². The SMILES string of the molecule is c1ccc(-c2nc(-c3ccccc3)nc(-c3ccc(-n4c5ccccc5c5c6c7ccccc7n(-c7ccccc7)c6c6sc7ccccc7c6c54)cc3)n2)cc1. The summed E-state index contributed by atoms with van der Waals surface area (Å²) in [6, 6.07) is 66.4. The van der Waals surface area contributed by atoms with Crippen molar-refractivity contribution in [2.45, 2.75) is 0 Å². The van der Waals surface area contributed by atoms with Crippen LogP contribution in [0.2, 0.25) is 0 Å². The standard InChI is InChI=1S/C51H31N5S/c1-4-16-32(17-5-1)49-52-50(33-18-6-2-7-19-33)54-51(53-49)34-28-30-36(31-29-34)55-40-25-13-10-22-37(40)43-44-38-23-11-14-26-41(38)56(35-20-8-3-9-21-35)47(44)48-45(46(43)55)39-24-12-15-27-42(39)57-48/h1-31H. The molecule has 6 heteroatoms. The van der Waals surface area contributed by atoms with Crippen molar-refractivity contribution in [2.24, 2.45) is 0 Å². The Labute approximate surface area is 331 Å². The summed E-state index contributed by atoms with van der Waals surface area (Å²) in [5.74, 6) is 1.94. The second-order valence-electron chi connectivity index (χ2n) is 14.4. The first kappa shape index (κ1) is 31.9. The maximum atomic E-state index is 5.02. The maximum Gasteiger partial charge on any atom is 0.164 e. The molecule has 0 radical (unpaired) electrons. The largest absolute Gasteiger partial charge is 0.309 e. The predicted octanol–water partition coefficient (Wildman–Crippen LogP) is 13.4. The van der Waals surface area contributed by atoms with E-state index in [4.69, 9.17) is 15.0 Å². The molecule has 0 fully saturated rings. The summed E-state index contributed by atoms with van der Waals surface area (Å²) in [5.41, 5.74) is 9.90. The molecule has 12 rings (SSSR count). The number of benzene rings is 8. The summed E-state index contributed by atoms with van der Waals surface area (Å²) < 4.78 is 7.51. The number of hydrogen-bond acceptors (Lipinski definition) is 4. The molecular formula is C51H31N5S. The van der Waals surface area contributed by atoms with Crippen LogP contribution in [0.5, 0.6) is 0 Å². The lowest BCUT2D eigenvalue weighted by Gasteiger charge is -2.12. The summed E-state index contributed by atoms with van der Waals surface area (Å²) in [6.07, 6.45) is 0. The molecule has 0 amide bonds. The summed E-state index contributed by atoms with van der Waals surface area (Å²) in [4.78, 5) is 15.0. The first-order chi connectivity index (χ1) is 28.3. The minimum Gasteiger partial charge on any atom is -0.309 e. The van der Waals surface area contributed by atoms with Crippen molar-refractivity contribution in [3.63, 3.8) is 0 Å². The van der Waals surface area contributed by atoms with Crippen molar-refractivity contribution in [3.05, 3.63) is 188 Å². The quantitative estimate of drug-likeness (QED) is 0.176. The first-order valence-electron chi connectivity index (χ1n) is 19.1. The zero-order valence-corrected chi connectivity index (χ0v) is 31.4. The molecule has 5 nitrogen and oxygen atoms in total. The number of thiophene rings is 1. The Morgan fingerprint density at radius 3 is 1.33 bits per heavy atom. The molecule has 0 aliphatic carbocycles. The van der Waals surface area contributed by atoms with Crippen LogP contribution in [0.3, 0.4) is 0 Å². The normalized spacial score (nSPS) is 11.9. The summed E-state index contributed by atoms with van der Waals surface area (Å²) in [7, 11) is 0. The molecule has 4 aromatic heterocycles. The highest BCUT2D eigenvalue weighted by Gasteiger charge is 2.26. The van der Waals surface area contributed by atoms with Crippen LogP contribution in [0.1, 0.15) is 0 Å². The van der Waals surface area contributed by atoms with Gasteiger partial charge in [-0.3, -0.25) is 0 Å². The molecule has 0 saturated carbocycles. The highest BCUT2D eigenvalue weighted by atomic mass is 32.1. The van der Waals surface area contributed by atoms with Gasteiger partial charge in [0.25, 0.3) is 0 Å². The molecule has 0 aliphatic heterocycles. The van der Waals surface area contributed by atoms with Crippen molar-refractivity contribution in [1.82, 2.24) is 24.1 Å². The van der Waals surface area contributed by atoms with Crippen LogP contribution >= 0.6 is 11.3 Å². The monoisotopic (exact) mass is 745 g/mol. The minimum atomic E-state index is 0.637. The van der Waals surface area contributed by atoms with Gasteiger partial charge in [-0.1, -0.05) is 133 Å². The van der Waals surface area contributed by atoms with Gasteiger partial charge in [0, 0.05) is 65.1 Å². The number of rotatable bonds is 5. The lowest BCUT2D eigenvalue weighted by atomic mass is 10.0. The van der Waals surface area contributed by atoms with Gasteiger partial charge in [0.1, 0.15) is 0 Å². The Morgan fingerprint density at radius 1 is 0.333 bits per heavy atom. The fourth-order valence-corrected chi connectivity index (χ4v) is 9.94. The summed E-state index contributed by atoms with van der Waals surface area (Å²) in [5, 5.41) is 7.56. The van der Waals surface area contributed by atoms with E-state index in [1.807, 2.05) is 72.0 Å². The zero-order chi connectivity index (χ0) is 37.5. The van der Waals surface area contributed by atoms with E-state index in [9.17, 15) is 0 Å². The Hall–Kier alpha value is -7.41. The molecule has 4 heterocycles. The van der Waals surface area contributed by atoms with Gasteiger partial charge in [-0.05, 0) is 54.6 Å². The van der Waals surface area contributed by atoms with E-state index in [-0.39, 0.29) is 0 Å². The lowest BCUT2D eigenvalue weighted by Crippen LogP contribution is -2.00. The molecule has 0 spiro atoms. The molecule has 266 valence electrons. The van der Waals surface area contributed by atoms with E-state index in [0.717, 1.165) is 28.1 Å². The Morgan fingerprint density at radius 2 is 0.754 bits per heavy atom. The Bertz CT molecular complexity index is 3430. The van der Waals surface area contributed by atoms with E-state index in [2.05, 4.69) is 137 Å². The topological polar surface area (TPSA) is 48.5 Å². The van der Waals surface area contributed by atoms with Crippen molar-refractivity contribution in [1.29, 1.82) is 0 Å². The number of para-hydroxylation sites is 3. The molecule has 0 aliphatic rings. The maximum absolute atomic E-state index is 5.02. The molecule has 57 heavy (non-hydrogen) atoms. The fraction of sp³-hybridized carbons (Fsp3) is 0. The molecule has 0 N–H and O–H groups in total. The molecule has 8 aromatic carbocycles. The van der Waals surface area contributed by atoms with Gasteiger partial charge in [-0.25, -0.2) is 15.0 Å². The summed E-state index contributed by atoms with van der Waals surface area (Å²) in [6.45, 7) is 0. The van der Waals surface area contributed by atoms with Crippen LogP contribution in [0.4, 0.5) is 0 Å². The average molecular weight is 746 g/mol. The van der Waals surface area contributed by atoms with Crippen LogP contribution in [0.25, 0.3) is 109 Å². The third kappa shape index (κ3) is 4.84. The van der Waals surface area contributed by atoms with Gasteiger partial charge in [0.15, 0.2) is 17.5 Å². The molecule has 0 unspecified atom stereocenters. The average Bonchev–Trinajstić information content (AvgIpc) is 3.95. The van der Waals surface area contributed by atoms with Gasteiger partial charge in [-0.2, -0.15) is 0 Å². The van der Waals surface area contributed by atoms with Crippen molar-refractivity contribution in [2.75, 3.05) is 0 Å². The van der Waals surface area contributed by atoms with Crippen LogP contribution in [-0.4, -0.2) is 24.1 Å². The van der Waals surface area contributed by atoms with Crippen molar-refractivity contribution < 1.29 is 0 Å². The van der Waals surface area contributed by atoms with Crippen LogP contribution in [0, 0.1) is 0 Å². The Balaban J connectivity index is 1.16. The highest BCUT2D eigenvalue weighted by Crippen LogP contribution is 2.51. The van der Waals surface area contributed by atoms with Crippen molar-refractivity contribution in [3.8, 4) is 45.5 Å². The second-order valence-corrected chi connectivity index (χ2v) is 15.4. The van der Waals surface area contributed by atoms with E-state index in [1.54, 1.807) is 0 Å². The van der Waals surface area contributed by atoms with Crippen LogP contribution in [0.15, 0.2) is 188 Å². The van der Waals surface area contributed by atoms with Crippen LogP contribution < -0.4 is 0 Å². The van der Waals surface area contributed by atoms with E-state index in [0.29, 0.717) is 17.5 Å². The molecule has 0 atom stereocenters. The molecule has 0 bridgehead atoms. The van der Waals surface area contributed by atoms with E-state index >= 15 is 0 Å². The highest BCUT2D eigenvalue weighted by molar-refractivity contribution is 7.27. The number of aromatic nitrogens is 5. The van der Waals surface area contributed by atoms with E-state index in [1.165, 1.54) is 63.8 Å². The smallest absolute Gasteiger partial charge is 0.164 e. The summed E-state index contributed by atoms with van der Waals surface area (Å²) >= 11 is 1.89. The van der Waals surface area contributed by atoms with Gasteiger partial charge in [0.2, 0.25) is 0 Å². The van der Waals surface area contributed by atoms with Gasteiger partial charge < -0.3 is 9.13 Å². The van der Waals surface area contributed by atoms with Gasteiger partial charge in [-0.15, -0.1) is 11.3 Å². The molecule has 0 saturated heterocycles. The third-order valence-corrected chi connectivity index (χ3v) is 12.3. The first-order valence-corrected chi connectivity index (χ1v) is 19.9. The lowest BCUT2D eigenvalue weighted by molar-refractivity contribution is 1.07. The minimum absolute atomic E-state index is 0.637. The van der Waals surface area contributed by atoms with Crippen LogP contribution in [-0.2, 0) is 0 Å². The third-order valence-electron chi connectivity index (χ3n) is 11.1. The second kappa shape index (κ2) is 12.6.